The molecule has 0 aromatic heterocycles. The second-order valence-corrected chi connectivity index (χ2v) is 3.82. The number of halogens is 5. The predicted octanol–water partition coefficient (Wildman–Crippen LogP) is 2.16. The van der Waals surface area contributed by atoms with E-state index in [0.717, 1.165) is 0 Å². The molecule has 1 amide bonds. The fourth-order valence-corrected chi connectivity index (χ4v) is 1.44. The van der Waals surface area contributed by atoms with Crippen molar-refractivity contribution < 1.29 is 36.6 Å². The maximum Gasteiger partial charge on any atom is 0.471 e. The van der Waals surface area contributed by atoms with E-state index < -0.39 is 47.7 Å². The van der Waals surface area contributed by atoms with E-state index in [2.05, 4.69) is 0 Å². The van der Waals surface area contributed by atoms with E-state index in [-0.39, 0.29) is 0 Å². The molecule has 1 atom stereocenters. The van der Waals surface area contributed by atoms with Gasteiger partial charge < -0.3 is 10.4 Å². The quantitative estimate of drug-likeness (QED) is 0.837. The van der Waals surface area contributed by atoms with Crippen molar-refractivity contribution in [3.63, 3.8) is 0 Å². The summed E-state index contributed by atoms with van der Waals surface area (Å²) in [6.45, 7) is 0. The van der Waals surface area contributed by atoms with Crippen LogP contribution >= 0.6 is 0 Å². The summed E-state index contributed by atoms with van der Waals surface area (Å²) in [5.41, 5.74) is -0.414. The maximum atomic E-state index is 13.0. The molecule has 4 nitrogen and oxygen atoms in total. The molecule has 1 rings (SSSR count). The van der Waals surface area contributed by atoms with Gasteiger partial charge in [0.25, 0.3) is 0 Å². The molecule has 0 aliphatic heterocycles. The summed E-state index contributed by atoms with van der Waals surface area (Å²) in [6.07, 6.45) is -6.19. The predicted molar refractivity (Wildman–Crippen MR) is 55.5 cm³/mol. The van der Waals surface area contributed by atoms with E-state index in [1.165, 1.54) is 5.32 Å². The zero-order valence-electron chi connectivity index (χ0n) is 9.67. The zero-order chi connectivity index (χ0) is 15.5. The lowest BCUT2D eigenvalue weighted by atomic mass is 10.0. The van der Waals surface area contributed by atoms with Crippen molar-refractivity contribution >= 4 is 11.9 Å². The van der Waals surface area contributed by atoms with Crippen molar-refractivity contribution in [1.29, 1.82) is 0 Å². The summed E-state index contributed by atoms with van der Waals surface area (Å²) < 4.78 is 62.3. The van der Waals surface area contributed by atoms with Crippen LogP contribution in [0.3, 0.4) is 0 Å². The first kappa shape index (κ1) is 15.9. The molecule has 1 unspecified atom stereocenters. The normalized spacial score (nSPS) is 12.8. The van der Waals surface area contributed by atoms with Crippen LogP contribution in [0.2, 0.25) is 0 Å². The van der Waals surface area contributed by atoms with Gasteiger partial charge in [0.2, 0.25) is 0 Å². The first-order chi connectivity index (χ1) is 9.09. The number of alkyl halides is 3. The number of nitrogens with one attached hydrogen (secondary N) is 1. The van der Waals surface area contributed by atoms with Crippen LogP contribution in [0.25, 0.3) is 0 Å². The molecule has 0 aliphatic rings. The van der Waals surface area contributed by atoms with Gasteiger partial charge in [-0.25, -0.2) is 8.78 Å². The highest BCUT2D eigenvalue weighted by Crippen LogP contribution is 2.22. The molecule has 0 spiro atoms. The van der Waals surface area contributed by atoms with Crippen LogP contribution in [0.4, 0.5) is 22.0 Å². The third kappa shape index (κ3) is 4.48. The molecule has 1 aromatic rings. The van der Waals surface area contributed by atoms with Gasteiger partial charge in [0.05, 0.1) is 12.5 Å². The molecular weight excluding hydrogens is 289 g/mol. The molecule has 9 heteroatoms. The standard InChI is InChI=1S/C11H8F5NO3/c12-6-1-5(2-7(13)3-6)8(4-9(18)19)17-10(20)11(14,15)16/h1-3,8H,4H2,(H,17,20)(H,18,19). The molecule has 0 bridgehead atoms. The minimum Gasteiger partial charge on any atom is -0.481 e. The first-order valence-corrected chi connectivity index (χ1v) is 5.15. The molecule has 1 aromatic carbocycles. The lowest BCUT2D eigenvalue weighted by molar-refractivity contribution is -0.174. The molecule has 0 radical (unpaired) electrons. The van der Waals surface area contributed by atoms with Crippen LogP contribution in [-0.4, -0.2) is 23.2 Å². The summed E-state index contributed by atoms with van der Waals surface area (Å²) >= 11 is 0. The van der Waals surface area contributed by atoms with Gasteiger partial charge in [0.1, 0.15) is 11.6 Å². The van der Waals surface area contributed by atoms with E-state index >= 15 is 0 Å². The Bertz CT molecular complexity index is 509. The fourth-order valence-electron chi connectivity index (χ4n) is 1.44. The van der Waals surface area contributed by atoms with Crippen molar-refractivity contribution in [1.82, 2.24) is 5.32 Å². The number of rotatable bonds is 4. The van der Waals surface area contributed by atoms with E-state index in [9.17, 15) is 31.5 Å². The van der Waals surface area contributed by atoms with E-state index in [1.54, 1.807) is 0 Å². The van der Waals surface area contributed by atoms with Gasteiger partial charge in [0.15, 0.2) is 0 Å². The fraction of sp³-hybridized carbons (Fsp3) is 0.273. The van der Waals surface area contributed by atoms with E-state index in [0.29, 0.717) is 18.2 Å². The van der Waals surface area contributed by atoms with Crippen molar-refractivity contribution in [2.45, 2.75) is 18.6 Å². The molecule has 0 saturated heterocycles. The van der Waals surface area contributed by atoms with Gasteiger partial charge in [-0.3, -0.25) is 9.59 Å². The Morgan fingerprint density at radius 2 is 1.65 bits per heavy atom. The second kappa shape index (κ2) is 5.85. The third-order valence-electron chi connectivity index (χ3n) is 2.23. The van der Waals surface area contributed by atoms with E-state index in [4.69, 9.17) is 5.11 Å². The molecular formula is C11H8F5NO3. The molecule has 110 valence electrons. The Hall–Kier alpha value is -2.19. The Kier molecular flexibility index (Phi) is 4.64. The Labute approximate surface area is 109 Å². The average Bonchev–Trinajstić information content (AvgIpc) is 2.24. The minimum atomic E-state index is -5.23. The lowest BCUT2D eigenvalue weighted by Gasteiger charge is -2.18. The largest absolute Gasteiger partial charge is 0.481 e. The Balaban J connectivity index is 3.06. The molecule has 2 N–H and O–H groups in total. The molecule has 0 fully saturated rings. The summed E-state index contributed by atoms with van der Waals surface area (Å²) in [4.78, 5) is 21.3. The topological polar surface area (TPSA) is 66.4 Å². The highest BCUT2D eigenvalue weighted by Gasteiger charge is 2.40. The second-order valence-electron chi connectivity index (χ2n) is 3.82. The van der Waals surface area contributed by atoms with Crippen LogP contribution in [0, 0.1) is 11.6 Å². The van der Waals surface area contributed by atoms with Crippen LogP contribution in [0.15, 0.2) is 18.2 Å². The molecule has 0 heterocycles. The van der Waals surface area contributed by atoms with Gasteiger partial charge in [-0.2, -0.15) is 13.2 Å². The number of hydrogen-bond acceptors (Lipinski definition) is 2. The van der Waals surface area contributed by atoms with Gasteiger partial charge in [-0.05, 0) is 17.7 Å². The highest BCUT2D eigenvalue weighted by molar-refractivity contribution is 5.82. The summed E-state index contributed by atoms with van der Waals surface area (Å²) in [7, 11) is 0. The van der Waals surface area contributed by atoms with Crippen LogP contribution in [0.1, 0.15) is 18.0 Å². The summed E-state index contributed by atoms with van der Waals surface area (Å²) in [6, 6.07) is 0.0555. The summed E-state index contributed by atoms with van der Waals surface area (Å²) in [5, 5.41) is 9.96. The number of hydrogen-bond donors (Lipinski definition) is 2. The minimum absolute atomic E-state index is 0.414. The number of aliphatic carboxylic acids is 1. The number of carbonyl (C=O) groups excluding carboxylic acids is 1. The number of carboxylic acid groups (broad SMARTS) is 1. The summed E-state index contributed by atoms with van der Waals surface area (Å²) in [5.74, 6) is -6.14. The number of carbonyl (C=O) groups is 2. The lowest BCUT2D eigenvalue weighted by Crippen LogP contribution is -2.39. The number of carboxylic acids is 1. The van der Waals surface area contributed by atoms with Crippen molar-refractivity contribution in [3.8, 4) is 0 Å². The molecule has 0 aliphatic carbocycles. The maximum absolute atomic E-state index is 13.0. The van der Waals surface area contributed by atoms with Gasteiger partial charge in [0, 0.05) is 6.07 Å². The van der Waals surface area contributed by atoms with Crippen LogP contribution in [0.5, 0.6) is 0 Å². The van der Waals surface area contributed by atoms with E-state index in [1.807, 2.05) is 0 Å². The van der Waals surface area contributed by atoms with Crippen molar-refractivity contribution in [2.75, 3.05) is 0 Å². The third-order valence-corrected chi connectivity index (χ3v) is 2.23. The number of amides is 1. The first-order valence-electron chi connectivity index (χ1n) is 5.15. The van der Waals surface area contributed by atoms with Crippen molar-refractivity contribution in [3.05, 3.63) is 35.4 Å². The zero-order valence-corrected chi connectivity index (χ0v) is 9.67. The Morgan fingerprint density at radius 3 is 2.05 bits per heavy atom. The Morgan fingerprint density at radius 1 is 1.15 bits per heavy atom. The average molecular weight is 297 g/mol. The SMILES string of the molecule is O=C(O)CC(NC(=O)C(F)(F)F)c1cc(F)cc(F)c1. The van der Waals surface area contributed by atoms with Gasteiger partial charge in [-0.1, -0.05) is 0 Å². The van der Waals surface area contributed by atoms with Crippen LogP contribution < -0.4 is 5.32 Å². The highest BCUT2D eigenvalue weighted by atomic mass is 19.4. The molecule has 20 heavy (non-hydrogen) atoms. The van der Waals surface area contributed by atoms with Crippen molar-refractivity contribution in [2.24, 2.45) is 0 Å². The monoisotopic (exact) mass is 297 g/mol. The van der Waals surface area contributed by atoms with Gasteiger partial charge >= 0.3 is 18.1 Å². The van der Waals surface area contributed by atoms with Crippen LogP contribution in [-0.2, 0) is 9.59 Å². The van der Waals surface area contributed by atoms with Gasteiger partial charge in [-0.15, -0.1) is 0 Å². The molecule has 0 saturated carbocycles. The smallest absolute Gasteiger partial charge is 0.471 e. The number of benzene rings is 1.